The van der Waals surface area contributed by atoms with Gasteiger partial charge in [0.2, 0.25) is 0 Å². The van der Waals surface area contributed by atoms with E-state index in [2.05, 4.69) is 44.4 Å². The molecule has 6 nitrogen and oxygen atoms in total. The number of halogens is 1. The number of guanidine groups is 1. The Morgan fingerprint density at radius 3 is 2.17 bits per heavy atom. The molecule has 0 spiro atoms. The number of aliphatic imine (C=N–C) groups is 1. The van der Waals surface area contributed by atoms with Crippen LogP contribution < -0.4 is 10.6 Å². The summed E-state index contributed by atoms with van der Waals surface area (Å²) in [5.74, 6) is 1.02. The number of nitrogens with zero attached hydrogens (tertiary/aromatic N) is 4. The lowest BCUT2D eigenvalue weighted by atomic mass is 9.82. The predicted octanol–water partition coefficient (Wildman–Crippen LogP) is 2.74. The second-order valence-corrected chi connectivity index (χ2v) is 10.2. The van der Waals surface area contributed by atoms with Crippen LogP contribution in [-0.2, 0) is 0 Å². The van der Waals surface area contributed by atoms with Crippen molar-refractivity contribution in [2.45, 2.75) is 87.9 Å². The van der Waals surface area contributed by atoms with E-state index in [0.717, 1.165) is 24.6 Å². The third kappa shape index (κ3) is 5.62. The molecule has 0 aromatic heterocycles. The molecule has 0 aliphatic carbocycles. The van der Waals surface area contributed by atoms with E-state index < -0.39 is 0 Å². The summed E-state index contributed by atoms with van der Waals surface area (Å²) in [6.45, 7) is 6.00. The molecule has 30 heavy (non-hydrogen) atoms. The second-order valence-electron chi connectivity index (χ2n) is 10.2. The summed E-state index contributed by atoms with van der Waals surface area (Å²) < 4.78 is 0. The van der Waals surface area contributed by atoms with E-state index in [1.54, 1.807) is 0 Å². The van der Waals surface area contributed by atoms with Gasteiger partial charge in [0.05, 0.1) is 0 Å². The number of nitrogens with one attached hydrogen (secondary N) is 2. The minimum atomic E-state index is 0. The molecule has 7 heteroatoms. The first-order valence-electron chi connectivity index (χ1n) is 12.2. The van der Waals surface area contributed by atoms with Crippen molar-refractivity contribution in [1.29, 1.82) is 0 Å². The Hall–Kier alpha value is -0.120. The first-order chi connectivity index (χ1) is 14.1. The van der Waals surface area contributed by atoms with Gasteiger partial charge in [-0.15, -0.1) is 24.0 Å². The second kappa shape index (κ2) is 11.1. The van der Waals surface area contributed by atoms with Crippen LogP contribution in [0.25, 0.3) is 0 Å². The van der Waals surface area contributed by atoms with E-state index >= 15 is 0 Å². The third-order valence-corrected chi connectivity index (χ3v) is 8.43. The highest BCUT2D eigenvalue weighted by Crippen LogP contribution is 2.33. The van der Waals surface area contributed by atoms with Crippen LogP contribution in [0.1, 0.15) is 64.2 Å². The predicted molar refractivity (Wildman–Crippen MR) is 137 cm³/mol. The van der Waals surface area contributed by atoms with Gasteiger partial charge in [0.25, 0.3) is 0 Å². The van der Waals surface area contributed by atoms with Crippen LogP contribution in [0.2, 0.25) is 0 Å². The lowest BCUT2D eigenvalue weighted by molar-refractivity contribution is 0.0171. The number of hydrogen-bond donors (Lipinski definition) is 2. The summed E-state index contributed by atoms with van der Waals surface area (Å²) in [5.41, 5.74) is 0.299. The van der Waals surface area contributed by atoms with E-state index in [-0.39, 0.29) is 24.0 Å². The van der Waals surface area contributed by atoms with Gasteiger partial charge < -0.3 is 20.4 Å². The molecule has 4 rings (SSSR count). The molecule has 2 N–H and O–H groups in total. The van der Waals surface area contributed by atoms with Crippen LogP contribution in [0.5, 0.6) is 0 Å². The molecule has 174 valence electrons. The molecule has 0 aromatic carbocycles. The highest BCUT2D eigenvalue weighted by molar-refractivity contribution is 14.0. The van der Waals surface area contributed by atoms with Gasteiger partial charge in [-0.2, -0.15) is 0 Å². The quantitative estimate of drug-likeness (QED) is 0.331. The number of hydrogen-bond acceptors (Lipinski definition) is 4. The zero-order chi connectivity index (χ0) is 20.3. The smallest absolute Gasteiger partial charge is 0.191 e. The lowest BCUT2D eigenvalue weighted by Gasteiger charge is -2.50. The van der Waals surface area contributed by atoms with Crippen LogP contribution in [-0.4, -0.2) is 98.2 Å². The van der Waals surface area contributed by atoms with Crippen molar-refractivity contribution < 1.29 is 0 Å². The molecule has 0 radical (unpaired) electrons. The first kappa shape index (κ1) is 24.5. The summed E-state index contributed by atoms with van der Waals surface area (Å²) in [6.07, 6.45) is 13.3. The third-order valence-electron chi connectivity index (χ3n) is 8.43. The van der Waals surface area contributed by atoms with Crippen LogP contribution in [0.3, 0.4) is 0 Å². The highest BCUT2D eigenvalue weighted by Gasteiger charge is 2.40. The SMILES string of the molecule is CN=C(NCC1(N2CCCCC2)CCN(C)CC1)NC1CC2CCCC(C1)N2C.I. The Morgan fingerprint density at radius 1 is 0.933 bits per heavy atom. The molecule has 0 amide bonds. The molecule has 2 atom stereocenters. The molecular weight excluding hydrogens is 487 g/mol. The van der Waals surface area contributed by atoms with Crippen molar-refractivity contribution >= 4 is 29.9 Å². The number of fused-ring (bicyclic) bond motifs is 2. The summed E-state index contributed by atoms with van der Waals surface area (Å²) in [5, 5.41) is 7.59. The number of piperidine rings is 4. The van der Waals surface area contributed by atoms with Gasteiger partial charge in [-0.25, -0.2) is 0 Å². The molecule has 2 bridgehead atoms. The van der Waals surface area contributed by atoms with Crippen LogP contribution in [0.15, 0.2) is 4.99 Å². The number of rotatable bonds is 4. The van der Waals surface area contributed by atoms with Crippen molar-refractivity contribution in [2.75, 3.05) is 53.9 Å². The Balaban J connectivity index is 0.00000256. The fourth-order valence-electron chi connectivity index (χ4n) is 6.38. The molecule has 2 unspecified atom stereocenters. The summed E-state index contributed by atoms with van der Waals surface area (Å²) in [6, 6.07) is 2.08. The fourth-order valence-corrected chi connectivity index (χ4v) is 6.38. The van der Waals surface area contributed by atoms with Crippen molar-refractivity contribution in [1.82, 2.24) is 25.3 Å². The average Bonchev–Trinajstić information content (AvgIpc) is 2.74. The van der Waals surface area contributed by atoms with Gasteiger partial charge in [-0.1, -0.05) is 12.8 Å². The van der Waals surface area contributed by atoms with Crippen molar-refractivity contribution in [2.24, 2.45) is 4.99 Å². The lowest BCUT2D eigenvalue weighted by Crippen LogP contribution is -2.63. The summed E-state index contributed by atoms with van der Waals surface area (Å²) in [4.78, 5) is 12.6. The van der Waals surface area contributed by atoms with E-state index in [1.165, 1.54) is 90.4 Å². The molecule has 4 aliphatic rings. The number of likely N-dealkylation sites (tertiary alicyclic amines) is 2. The van der Waals surface area contributed by atoms with Crippen LogP contribution in [0.4, 0.5) is 0 Å². The molecule has 0 aromatic rings. The van der Waals surface area contributed by atoms with E-state index in [0.29, 0.717) is 11.6 Å². The molecular formula is C23H45IN6. The Kier molecular flexibility index (Phi) is 9.11. The van der Waals surface area contributed by atoms with Crippen molar-refractivity contribution in [3.8, 4) is 0 Å². The topological polar surface area (TPSA) is 46.1 Å². The molecule has 0 saturated carbocycles. The highest BCUT2D eigenvalue weighted by atomic mass is 127. The molecule has 4 aliphatic heterocycles. The fraction of sp³-hybridized carbons (Fsp3) is 0.957. The van der Waals surface area contributed by atoms with Crippen LogP contribution >= 0.6 is 24.0 Å². The maximum Gasteiger partial charge on any atom is 0.191 e. The Morgan fingerprint density at radius 2 is 1.57 bits per heavy atom. The van der Waals surface area contributed by atoms with Gasteiger partial charge in [-0.3, -0.25) is 9.89 Å². The zero-order valence-corrected chi connectivity index (χ0v) is 21.9. The Bertz CT molecular complexity index is 542. The summed E-state index contributed by atoms with van der Waals surface area (Å²) >= 11 is 0. The van der Waals surface area contributed by atoms with Gasteiger partial charge in [-0.05, 0) is 91.6 Å². The molecule has 4 fully saturated rings. The first-order valence-corrected chi connectivity index (χ1v) is 12.2. The maximum atomic E-state index is 4.62. The molecule has 4 heterocycles. The van der Waals surface area contributed by atoms with Crippen molar-refractivity contribution in [3.63, 3.8) is 0 Å². The summed E-state index contributed by atoms with van der Waals surface area (Å²) in [7, 11) is 6.54. The maximum absolute atomic E-state index is 4.62. The van der Waals surface area contributed by atoms with Gasteiger partial charge in [0.15, 0.2) is 5.96 Å². The average molecular weight is 533 g/mol. The monoisotopic (exact) mass is 532 g/mol. The largest absolute Gasteiger partial charge is 0.355 e. The van der Waals surface area contributed by atoms with E-state index in [9.17, 15) is 0 Å². The van der Waals surface area contributed by atoms with Gasteiger partial charge in [0, 0.05) is 37.3 Å². The molecule has 4 saturated heterocycles. The Labute approximate surface area is 201 Å². The van der Waals surface area contributed by atoms with E-state index in [1.807, 2.05) is 7.05 Å². The minimum absolute atomic E-state index is 0. The normalized spacial score (nSPS) is 33.6. The van der Waals surface area contributed by atoms with Crippen LogP contribution in [0, 0.1) is 0 Å². The minimum Gasteiger partial charge on any atom is -0.355 e. The van der Waals surface area contributed by atoms with Gasteiger partial charge >= 0.3 is 0 Å². The standard InChI is InChI=1S/C23H44N6.HI/c1-24-22(26-19-16-20-8-7-9-21(17-19)28(20)3)25-18-23(10-14-27(2)15-11-23)29-12-5-4-6-13-29;/h19-21H,4-18H2,1-3H3,(H2,24,25,26);1H. The zero-order valence-electron chi connectivity index (χ0n) is 19.5. The van der Waals surface area contributed by atoms with Crippen molar-refractivity contribution in [3.05, 3.63) is 0 Å². The van der Waals surface area contributed by atoms with E-state index in [4.69, 9.17) is 0 Å². The van der Waals surface area contributed by atoms with Gasteiger partial charge in [0.1, 0.15) is 0 Å².